The van der Waals surface area contributed by atoms with Crippen LogP contribution >= 0.6 is 0 Å². The molecule has 0 bridgehead atoms. The minimum Gasteiger partial charge on any atom is -0.299 e. The van der Waals surface area contributed by atoms with E-state index in [4.69, 9.17) is 0 Å². The summed E-state index contributed by atoms with van der Waals surface area (Å²) in [4.78, 5) is 0. The number of alkyl halides is 3. The Bertz CT molecular complexity index is 371. The molecule has 1 fully saturated rings. The van der Waals surface area contributed by atoms with Crippen molar-refractivity contribution in [2.45, 2.75) is 44.9 Å². The zero-order chi connectivity index (χ0) is 12.0. The number of H-pyrrole nitrogens is 1. The standard InChI is InChI=1S/C10H14F3N3/c1-6-8(7(2)16-15-6)5-14-9(3-4-9)10(11,12)13/h14H,3-5H2,1-2H3,(H,15,16). The molecule has 0 amide bonds. The van der Waals surface area contributed by atoms with Crippen molar-refractivity contribution in [2.75, 3.05) is 0 Å². The van der Waals surface area contributed by atoms with Gasteiger partial charge in [-0.2, -0.15) is 18.3 Å². The molecular formula is C10H14F3N3. The Morgan fingerprint density at radius 2 is 2.00 bits per heavy atom. The molecule has 0 unspecified atom stereocenters. The molecule has 3 nitrogen and oxygen atoms in total. The van der Waals surface area contributed by atoms with Crippen LogP contribution in [0.3, 0.4) is 0 Å². The minimum absolute atomic E-state index is 0.173. The molecule has 90 valence electrons. The van der Waals surface area contributed by atoms with Crippen molar-refractivity contribution in [3.8, 4) is 0 Å². The Labute approximate surface area is 91.4 Å². The number of aromatic nitrogens is 2. The number of halogens is 3. The molecule has 6 heteroatoms. The summed E-state index contributed by atoms with van der Waals surface area (Å²) in [7, 11) is 0. The van der Waals surface area contributed by atoms with Crippen molar-refractivity contribution < 1.29 is 13.2 Å². The summed E-state index contributed by atoms with van der Waals surface area (Å²) in [6, 6.07) is 0. The van der Waals surface area contributed by atoms with Gasteiger partial charge in [0.25, 0.3) is 0 Å². The first-order valence-electron chi connectivity index (χ1n) is 5.18. The summed E-state index contributed by atoms with van der Waals surface area (Å²) in [5, 5.41) is 9.32. The van der Waals surface area contributed by atoms with E-state index >= 15 is 0 Å². The lowest BCUT2D eigenvalue weighted by Gasteiger charge is -2.20. The minimum atomic E-state index is -4.15. The van der Waals surface area contributed by atoms with Gasteiger partial charge in [0, 0.05) is 17.8 Å². The van der Waals surface area contributed by atoms with Gasteiger partial charge in [-0.05, 0) is 26.7 Å². The topological polar surface area (TPSA) is 40.7 Å². The number of hydrogen-bond donors (Lipinski definition) is 2. The third-order valence-electron chi connectivity index (χ3n) is 3.18. The predicted octanol–water partition coefficient (Wildman–Crippen LogP) is 2.21. The average Bonchev–Trinajstić information content (AvgIpc) is 2.89. The van der Waals surface area contributed by atoms with Crippen molar-refractivity contribution in [2.24, 2.45) is 0 Å². The zero-order valence-corrected chi connectivity index (χ0v) is 9.20. The van der Waals surface area contributed by atoms with E-state index in [1.165, 1.54) is 0 Å². The second-order valence-electron chi connectivity index (χ2n) is 4.35. The van der Waals surface area contributed by atoms with E-state index in [0.29, 0.717) is 0 Å². The zero-order valence-electron chi connectivity index (χ0n) is 9.20. The van der Waals surface area contributed by atoms with Crippen LogP contribution < -0.4 is 5.32 Å². The van der Waals surface area contributed by atoms with Gasteiger partial charge in [-0.25, -0.2) is 0 Å². The lowest BCUT2D eigenvalue weighted by Crippen LogP contribution is -2.44. The van der Waals surface area contributed by atoms with Crippen LogP contribution in [0.15, 0.2) is 0 Å². The van der Waals surface area contributed by atoms with Gasteiger partial charge in [-0.1, -0.05) is 0 Å². The molecule has 0 atom stereocenters. The average molecular weight is 233 g/mol. The smallest absolute Gasteiger partial charge is 0.299 e. The van der Waals surface area contributed by atoms with E-state index in [9.17, 15) is 13.2 Å². The first-order valence-corrected chi connectivity index (χ1v) is 5.18. The van der Waals surface area contributed by atoms with Crippen LogP contribution in [-0.2, 0) is 6.54 Å². The third kappa shape index (κ3) is 1.81. The van der Waals surface area contributed by atoms with Gasteiger partial charge >= 0.3 is 6.18 Å². The number of nitrogens with one attached hydrogen (secondary N) is 2. The van der Waals surface area contributed by atoms with E-state index in [-0.39, 0.29) is 19.4 Å². The number of nitrogens with zero attached hydrogens (tertiary/aromatic N) is 1. The van der Waals surface area contributed by atoms with Gasteiger partial charge in [0.2, 0.25) is 0 Å². The highest BCUT2D eigenvalue weighted by molar-refractivity contribution is 5.24. The van der Waals surface area contributed by atoms with Crippen LogP contribution in [0.1, 0.15) is 29.8 Å². The Kier molecular flexibility index (Phi) is 2.49. The Morgan fingerprint density at radius 3 is 2.38 bits per heavy atom. The highest BCUT2D eigenvalue weighted by Gasteiger charge is 2.62. The molecule has 0 saturated heterocycles. The summed E-state index contributed by atoms with van der Waals surface area (Å²) >= 11 is 0. The van der Waals surface area contributed by atoms with Crippen molar-refractivity contribution >= 4 is 0 Å². The largest absolute Gasteiger partial charge is 0.406 e. The summed E-state index contributed by atoms with van der Waals surface area (Å²) in [6.07, 6.45) is -3.81. The molecule has 1 saturated carbocycles. The maximum absolute atomic E-state index is 12.6. The van der Waals surface area contributed by atoms with Crippen LogP contribution in [0.5, 0.6) is 0 Å². The lowest BCUT2D eigenvalue weighted by molar-refractivity contribution is -0.166. The Balaban J connectivity index is 2.04. The van der Waals surface area contributed by atoms with Crippen LogP contribution in [0.25, 0.3) is 0 Å². The molecule has 1 aromatic rings. The van der Waals surface area contributed by atoms with Crippen molar-refractivity contribution in [3.63, 3.8) is 0 Å². The number of aryl methyl sites for hydroxylation is 2. The fourth-order valence-electron chi connectivity index (χ4n) is 1.78. The number of aromatic amines is 1. The maximum Gasteiger partial charge on any atom is 0.406 e. The quantitative estimate of drug-likeness (QED) is 0.840. The molecule has 0 spiro atoms. The monoisotopic (exact) mass is 233 g/mol. The first-order chi connectivity index (χ1) is 7.36. The molecule has 1 aliphatic rings. The SMILES string of the molecule is Cc1n[nH]c(C)c1CNC1(C(F)(F)F)CC1. The van der Waals surface area contributed by atoms with Crippen LogP contribution in [-0.4, -0.2) is 21.9 Å². The van der Waals surface area contributed by atoms with Crippen molar-refractivity contribution in [3.05, 3.63) is 17.0 Å². The van der Waals surface area contributed by atoms with Gasteiger partial charge in [0.05, 0.1) is 5.69 Å². The second-order valence-corrected chi connectivity index (χ2v) is 4.35. The first kappa shape index (κ1) is 11.4. The van der Waals surface area contributed by atoms with Crippen LogP contribution in [0.4, 0.5) is 13.2 Å². The van der Waals surface area contributed by atoms with E-state index < -0.39 is 11.7 Å². The fourth-order valence-corrected chi connectivity index (χ4v) is 1.78. The molecule has 1 heterocycles. The number of rotatable bonds is 3. The molecule has 1 aliphatic carbocycles. The highest BCUT2D eigenvalue weighted by atomic mass is 19.4. The molecule has 1 aromatic heterocycles. The summed E-state index contributed by atoms with van der Waals surface area (Å²) < 4.78 is 37.9. The van der Waals surface area contributed by atoms with E-state index in [1.807, 2.05) is 6.92 Å². The van der Waals surface area contributed by atoms with Gasteiger partial charge < -0.3 is 0 Å². The van der Waals surface area contributed by atoms with E-state index in [2.05, 4.69) is 15.5 Å². The molecule has 0 radical (unpaired) electrons. The van der Waals surface area contributed by atoms with Crippen LogP contribution in [0.2, 0.25) is 0 Å². The Morgan fingerprint density at radius 1 is 1.38 bits per heavy atom. The molecule has 2 rings (SSSR count). The van der Waals surface area contributed by atoms with Crippen LogP contribution in [0, 0.1) is 13.8 Å². The fraction of sp³-hybridized carbons (Fsp3) is 0.700. The molecule has 0 aliphatic heterocycles. The van der Waals surface area contributed by atoms with Crippen molar-refractivity contribution in [1.82, 2.24) is 15.5 Å². The molecule has 2 N–H and O–H groups in total. The molecule has 16 heavy (non-hydrogen) atoms. The maximum atomic E-state index is 12.6. The van der Waals surface area contributed by atoms with Gasteiger partial charge in [-0.3, -0.25) is 10.4 Å². The second kappa shape index (κ2) is 3.48. The van der Waals surface area contributed by atoms with E-state index in [1.54, 1.807) is 6.92 Å². The summed E-state index contributed by atoms with van der Waals surface area (Å²) in [6.45, 7) is 3.81. The Hall–Kier alpha value is -1.04. The molecule has 0 aromatic carbocycles. The lowest BCUT2D eigenvalue weighted by atomic mass is 10.1. The van der Waals surface area contributed by atoms with Crippen molar-refractivity contribution in [1.29, 1.82) is 0 Å². The predicted molar refractivity (Wildman–Crippen MR) is 52.9 cm³/mol. The van der Waals surface area contributed by atoms with Gasteiger partial charge in [-0.15, -0.1) is 0 Å². The van der Waals surface area contributed by atoms with Gasteiger partial charge in [0.1, 0.15) is 5.54 Å². The number of hydrogen-bond acceptors (Lipinski definition) is 2. The molecular weight excluding hydrogens is 219 g/mol. The normalized spacial score (nSPS) is 18.8. The van der Waals surface area contributed by atoms with E-state index in [0.717, 1.165) is 17.0 Å². The summed E-state index contributed by atoms with van der Waals surface area (Å²) in [5.41, 5.74) is 0.754. The van der Waals surface area contributed by atoms with Gasteiger partial charge in [0.15, 0.2) is 0 Å². The summed E-state index contributed by atoms with van der Waals surface area (Å²) in [5.74, 6) is 0. The third-order valence-corrected chi connectivity index (χ3v) is 3.18. The highest BCUT2D eigenvalue weighted by Crippen LogP contribution is 2.49.